The Balaban J connectivity index is 4.67. The van der Waals surface area contributed by atoms with E-state index in [1.54, 1.807) is 0 Å². The Bertz CT molecular complexity index is 288. The van der Waals surface area contributed by atoms with Crippen LogP contribution in [0, 0.1) is 0 Å². The molecule has 0 N–H and O–H groups in total. The highest BCUT2D eigenvalue weighted by atomic mass is 28.5. The first-order valence-electron chi connectivity index (χ1n) is 6.92. The van der Waals surface area contributed by atoms with Crippen molar-refractivity contribution >= 4 is 43.8 Å². The summed E-state index contributed by atoms with van der Waals surface area (Å²) in [6.07, 6.45) is 0. The van der Waals surface area contributed by atoms with Gasteiger partial charge < -0.3 is 16.5 Å². The van der Waals surface area contributed by atoms with Gasteiger partial charge in [-0.15, -0.1) is 0 Å². The molecule has 0 aromatic carbocycles. The zero-order valence-corrected chi connectivity index (χ0v) is 19.8. The van der Waals surface area contributed by atoms with Crippen LogP contribution in [0.2, 0.25) is 65.5 Å². The van der Waals surface area contributed by atoms with E-state index in [0.29, 0.717) is 0 Å². The van der Waals surface area contributed by atoms with Crippen molar-refractivity contribution in [1.29, 1.82) is 0 Å². The third-order valence-electron chi connectivity index (χ3n) is 2.03. The van der Waals surface area contributed by atoms with Crippen molar-refractivity contribution < 1.29 is 16.5 Å². The van der Waals surface area contributed by atoms with Crippen LogP contribution in [0.5, 0.6) is 0 Å². The van der Waals surface area contributed by atoms with E-state index in [1.807, 2.05) is 0 Å². The van der Waals surface area contributed by atoms with Gasteiger partial charge in [0.1, 0.15) is 9.76 Å². The SMILES string of the molecule is C[SiH2]O[Si](C)(C)O[Si](C)(C)O[Si](C)(C)O[Si](C)(C)C. The van der Waals surface area contributed by atoms with Crippen LogP contribution < -0.4 is 0 Å². The summed E-state index contributed by atoms with van der Waals surface area (Å²) in [5.74, 6) is 0. The van der Waals surface area contributed by atoms with Gasteiger partial charge in [0, 0.05) is 0 Å². The Morgan fingerprint density at radius 1 is 0.579 bits per heavy atom. The van der Waals surface area contributed by atoms with E-state index < -0.39 is 43.8 Å². The maximum absolute atomic E-state index is 6.32. The van der Waals surface area contributed by atoms with Crippen molar-refractivity contribution in [3.8, 4) is 0 Å². The van der Waals surface area contributed by atoms with Crippen LogP contribution in [-0.4, -0.2) is 43.8 Å². The van der Waals surface area contributed by atoms with Gasteiger partial charge in [-0.05, 0) is 58.9 Å². The van der Waals surface area contributed by atoms with Crippen LogP contribution in [-0.2, 0) is 16.5 Å². The van der Waals surface area contributed by atoms with Crippen molar-refractivity contribution in [2.75, 3.05) is 0 Å². The second kappa shape index (κ2) is 6.79. The van der Waals surface area contributed by atoms with Gasteiger partial charge in [0.15, 0.2) is 8.32 Å². The molecule has 116 valence electrons. The lowest BCUT2D eigenvalue weighted by atomic mass is 11.8. The second-order valence-corrected chi connectivity index (χ2v) is 23.9. The molecule has 0 spiro atoms. The van der Waals surface area contributed by atoms with E-state index in [9.17, 15) is 0 Å². The zero-order chi connectivity index (χ0) is 15.5. The predicted octanol–water partition coefficient (Wildman–Crippen LogP) is 3.13. The first-order valence-corrected chi connectivity index (χ1v) is 20.8. The maximum Gasteiger partial charge on any atom is 0.314 e. The Morgan fingerprint density at radius 3 is 1.32 bits per heavy atom. The summed E-state index contributed by atoms with van der Waals surface area (Å²) in [6.45, 7) is 21.4. The summed E-state index contributed by atoms with van der Waals surface area (Å²) < 4.78 is 24.7. The van der Waals surface area contributed by atoms with Gasteiger partial charge in [-0.1, -0.05) is 6.55 Å². The molecule has 0 rings (SSSR count). The van der Waals surface area contributed by atoms with Gasteiger partial charge in [-0.3, -0.25) is 0 Å². The molecule has 9 heteroatoms. The molecule has 0 radical (unpaired) electrons. The Morgan fingerprint density at radius 2 is 0.947 bits per heavy atom. The zero-order valence-electron chi connectivity index (χ0n) is 14.3. The second-order valence-electron chi connectivity index (χ2n) is 7.05. The molecule has 0 fully saturated rings. The monoisotopic (exact) mass is 356 g/mol. The Hall–Kier alpha value is 0.924. The van der Waals surface area contributed by atoms with Crippen molar-refractivity contribution in [3.05, 3.63) is 0 Å². The van der Waals surface area contributed by atoms with E-state index in [1.165, 1.54) is 0 Å². The lowest BCUT2D eigenvalue weighted by Crippen LogP contribution is -2.56. The van der Waals surface area contributed by atoms with Crippen molar-refractivity contribution in [3.63, 3.8) is 0 Å². The van der Waals surface area contributed by atoms with Gasteiger partial charge in [-0.2, -0.15) is 0 Å². The minimum atomic E-state index is -2.19. The molecule has 19 heavy (non-hydrogen) atoms. The molecular weight excluding hydrogens is 325 g/mol. The predicted molar refractivity (Wildman–Crippen MR) is 94.5 cm³/mol. The number of hydrogen-bond acceptors (Lipinski definition) is 4. The molecule has 0 aromatic rings. The van der Waals surface area contributed by atoms with Crippen LogP contribution in [0.1, 0.15) is 0 Å². The van der Waals surface area contributed by atoms with Crippen LogP contribution in [0.4, 0.5) is 0 Å². The molecule has 0 saturated heterocycles. The first-order chi connectivity index (χ1) is 8.18. The molecule has 0 aliphatic rings. The largest absolute Gasteiger partial charge is 0.442 e. The van der Waals surface area contributed by atoms with Crippen LogP contribution in [0.15, 0.2) is 0 Å². The highest BCUT2D eigenvalue weighted by molar-refractivity contribution is 6.88. The summed E-state index contributed by atoms with van der Waals surface area (Å²) in [4.78, 5) is 0. The van der Waals surface area contributed by atoms with E-state index in [4.69, 9.17) is 16.5 Å². The molecule has 0 atom stereocenters. The number of hydrogen-bond donors (Lipinski definition) is 0. The number of rotatable bonds is 8. The highest BCUT2D eigenvalue weighted by Gasteiger charge is 2.42. The molecule has 0 unspecified atom stereocenters. The van der Waals surface area contributed by atoms with Crippen LogP contribution >= 0.6 is 0 Å². The lowest BCUT2D eigenvalue weighted by molar-refractivity contribution is 0.304. The summed E-state index contributed by atoms with van der Waals surface area (Å²) in [5, 5.41) is 0. The first kappa shape index (κ1) is 19.9. The molecule has 4 nitrogen and oxygen atoms in total. The molecule has 0 heterocycles. The summed E-state index contributed by atoms with van der Waals surface area (Å²) in [6, 6.07) is 0. The van der Waals surface area contributed by atoms with Crippen LogP contribution in [0.25, 0.3) is 0 Å². The van der Waals surface area contributed by atoms with Crippen molar-refractivity contribution in [2.45, 2.75) is 65.5 Å². The van der Waals surface area contributed by atoms with E-state index in [2.05, 4.69) is 65.5 Å². The molecule has 0 saturated carbocycles. The summed E-state index contributed by atoms with van der Waals surface area (Å²) >= 11 is 0. The van der Waals surface area contributed by atoms with Gasteiger partial charge in [0.25, 0.3) is 0 Å². The fraction of sp³-hybridized carbons (Fsp3) is 1.00. The van der Waals surface area contributed by atoms with Crippen molar-refractivity contribution in [1.82, 2.24) is 0 Å². The molecule has 0 bridgehead atoms. The van der Waals surface area contributed by atoms with E-state index >= 15 is 0 Å². The lowest BCUT2D eigenvalue weighted by Gasteiger charge is -2.39. The highest BCUT2D eigenvalue weighted by Crippen LogP contribution is 2.23. The van der Waals surface area contributed by atoms with Crippen molar-refractivity contribution in [2.24, 2.45) is 0 Å². The summed E-state index contributed by atoms with van der Waals surface area (Å²) in [5.41, 5.74) is 0. The molecule has 0 amide bonds. The smallest absolute Gasteiger partial charge is 0.314 e. The van der Waals surface area contributed by atoms with Gasteiger partial charge in [0.2, 0.25) is 0 Å². The topological polar surface area (TPSA) is 36.9 Å². The average molecular weight is 357 g/mol. The third kappa shape index (κ3) is 10.3. The Labute approximate surface area is 126 Å². The standard InChI is InChI=1S/C10H32O4Si5/c1-15-11-17(5,6)13-19(9,10)14-18(7,8)12-16(2,3)4/h15H2,1-10H3. The third-order valence-corrected chi connectivity index (χ3v) is 18.2. The normalized spacial score (nSPS) is 15.5. The minimum Gasteiger partial charge on any atom is -0.442 e. The maximum atomic E-state index is 6.32. The van der Waals surface area contributed by atoms with Gasteiger partial charge in [0.05, 0.1) is 0 Å². The minimum absolute atomic E-state index is 0.438. The quantitative estimate of drug-likeness (QED) is 0.626. The van der Waals surface area contributed by atoms with Crippen LogP contribution in [0.3, 0.4) is 0 Å². The van der Waals surface area contributed by atoms with E-state index in [0.717, 1.165) is 0 Å². The molecule has 0 aliphatic carbocycles. The molecule has 0 aromatic heterocycles. The van der Waals surface area contributed by atoms with Gasteiger partial charge in [-0.25, -0.2) is 0 Å². The fourth-order valence-corrected chi connectivity index (χ4v) is 22.3. The average Bonchev–Trinajstić information content (AvgIpc) is 1.90. The molecular formula is C10H32O4Si5. The Kier molecular flexibility index (Phi) is 7.12. The van der Waals surface area contributed by atoms with E-state index in [-0.39, 0.29) is 0 Å². The van der Waals surface area contributed by atoms with Gasteiger partial charge >= 0.3 is 25.7 Å². The summed E-state index contributed by atoms with van der Waals surface area (Å²) in [7, 11) is -8.35. The fourth-order valence-electron chi connectivity index (χ4n) is 2.34. The molecule has 0 aliphatic heterocycles.